The van der Waals surface area contributed by atoms with Gasteiger partial charge in [0.15, 0.2) is 5.96 Å². The molecule has 0 aliphatic heterocycles. The van der Waals surface area contributed by atoms with Gasteiger partial charge < -0.3 is 15.8 Å². The molecule has 2 aromatic carbocycles. The lowest BCUT2D eigenvalue weighted by Crippen LogP contribution is -2.23. The molecule has 0 unspecified atom stereocenters. The van der Waals surface area contributed by atoms with Crippen LogP contribution >= 0.6 is 24.0 Å². The van der Waals surface area contributed by atoms with E-state index in [0.29, 0.717) is 25.7 Å². The molecule has 0 aliphatic carbocycles. The molecule has 0 saturated heterocycles. The van der Waals surface area contributed by atoms with Crippen LogP contribution < -0.4 is 11.1 Å². The van der Waals surface area contributed by atoms with Gasteiger partial charge in [0, 0.05) is 5.69 Å². The number of halogens is 1. The van der Waals surface area contributed by atoms with Crippen LogP contribution in [0.5, 0.6) is 0 Å². The van der Waals surface area contributed by atoms with E-state index in [1.807, 2.05) is 42.5 Å². The maximum Gasteiger partial charge on any atom is 0.193 e. The third-order valence-corrected chi connectivity index (χ3v) is 3.24. The third-order valence-electron chi connectivity index (χ3n) is 3.24. The van der Waals surface area contributed by atoms with Gasteiger partial charge in [-0.1, -0.05) is 49.4 Å². The molecular formula is C18H24IN3O. The Kier molecular flexibility index (Phi) is 9.31. The van der Waals surface area contributed by atoms with Crippen molar-refractivity contribution in [3.8, 4) is 0 Å². The highest BCUT2D eigenvalue weighted by Crippen LogP contribution is 2.10. The highest BCUT2D eigenvalue weighted by molar-refractivity contribution is 14.0. The number of hydrogen-bond acceptors (Lipinski definition) is 2. The lowest BCUT2D eigenvalue weighted by atomic mass is 10.1. The summed E-state index contributed by atoms with van der Waals surface area (Å²) in [6.07, 6.45) is 1.000. The molecule has 0 atom stereocenters. The van der Waals surface area contributed by atoms with Crippen molar-refractivity contribution in [2.75, 3.05) is 18.5 Å². The summed E-state index contributed by atoms with van der Waals surface area (Å²) in [5.41, 5.74) is 9.27. The average Bonchev–Trinajstić information content (AvgIpc) is 2.55. The molecular weight excluding hydrogens is 401 g/mol. The molecule has 0 amide bonds. The maximum atomic E-state index is 5.87. The second-order valence-corrected chi connectivity index (χ2v) is 4.98. The van der Waals surface area contributed by atoms with Crippen molar-refractivity contribution in [2.24, 2.45) is 10.7 Å². The lowest BCUT2D eigenvalue weighted by molar-refractivity contribution is 0.128. The van der Waals surface area contributed by atoms with Crippen LogP contribution in [0.2, 0.25) is 0 Å². The topological polar surface area (TPSA) is 59.6 Å². The number of aliphatic imine (C=N–C) groups is 1. The van der Waals surface area contributed by atoms with Crippen LogP contribution in [0.4, 0.5) is 5.69 Å². The number of nitrogens with zero attached hydrogens (tertiary/aromatic N) is 1. The summed E-state index contributed by atoms with van der Waals surface area (Å²) in [5.74, 6) is 0.413. The zero-order valence-electron chi connectivity index (χ0n) is 13.4. The zero-order valence-corrected chi connectivity index (χ0v) is 15.7. The molecule has 23 heavy (non-hydrogen) atoms. The Bertz CT molecular complexity index is 602. The summed E-state index contributed by atoms with van der Waals surface area (Å²) in [5, 5.41) is 3.10. The average molecular weight is 425 g/mol. The first-order valence-corrected chi connectivity index (χ1v) is 7.55. The molecule has 5 heteroatoms. The summed E-state index contributed by atoms with van der Waals surface area (Å²) in [6, 6.07) is 18.2. The van der Waals surface area contributed by atoms with Crippen molar-refractivity contribution in [1.82, 2.24) is 0 Å². The molecule has 0 aromatic heterocycles. The van der Waals surface area contributed by atoms with Gasteiger partial charge in [-0.2, -0.15) is 0 Å². The molecule has 124 valence electrons. The molecule has 0 aliphatic rings. The molecule has 3 N–H and O–H groups in total. The Morgan fingerprint density at radius 1 is 1.09 bits per heavy atom. The fourth-order valence-corrected chi connectivity index (χ4v) is 2.05. The Morgan fingerprint density at radius 3 is 2.57 bits per heavy atom. The fraction of sp³-hybridized carbons (Fsp3) is 0.278. The molecule has 4 nitrogen and oxygen atoms in total. The number of hydrogen-bond donors (Lipinski definition) is 2. The Labute approximate surface area is 155 Å². The van der Waals surface area contributed by atoms with E-state index >= 15 is 0 Å². The second-order valence-electron chi connectivity index (χ2n) is 4.98. The molecule has 0 bridgehead atoms. The number of ether oxygens (including phenoxy) is 1. The van der Waals surface area contributed by atoms with Crippen molar-refractivity contribution in [2.45, 2.75) is 20.0 Å². The van der Waals surface area contributed by atoms with E-state index in [4.69, 9.17) is 10.5 Å². The first kappa shape index (κ1) is 19.4. The van der Waals surface area contributed by atoms with Gasteiger partial charge in [0.2, 0.25) is 0 Å². The van der Waals surface area contributed by atoms with E-state index < -0.39 is 0 Å². The van der Waals surface area contributed by atoms with Crippen molar-refractivity contribution in [3.05, 3.63) is 65.7 Å². The number of rotatable bonds is 7. The van der Waals surface area contributed by atoms with Gasteiger partial charge in [0.25, 0.3) is 0 Å². The monoisotopic (exact) mass is 425 g/mol. The van der Waals surface area contributed by atoms with Crippen LogP contribution in [-0.4, -0.2) is 19.1 Å². The minimum atomic E-state index is 0. The number of nitrogens with one attached hydrogen (secondary N) is 1. The summed E-state index contributed by atoms with van der Waals surface area (Å²) in [7, 11) is 0. The smallest absolute Gasteiger partial charge is 0.193 e. The highest BCUT2D eigenvalue weighted by atomic mass is 127. The Morgan fingerprint density at radius 2 is 1.83 bits per heavy atom. The van der Waals surface area contributed by atoms with Gasteiger partial charge in [-0.3, -0.25) is 4.99 Å². The molecule has 0 saturated carbocycles. The molecule has 2 rings (SSSR count). The van der Waals surface area contributed by atoms with Gasteiger partial charge >= 0.3 is 0 Å². The first-order valence-electron chi connectivity index (χ1n) is 7.55. The van der Waals surface area contributed by atoms with E-state index in [2.05, 4.69) is 29.4 Å². The van der Waals surface area contributed by atoms with Gasteiger partial charge in [-0.15, -0.1) is 24.0 Å². The van der Waals surface area contributed by atoms with Crippen molar-refractivity contribution < 1.29 is 4.74 Å². The lowest BCUT2D eigenvalue weighted by Gasteiger charge is -2.07. The zero-order chi connectivity index (χ0) is 15.6. The summed E-state index contributed by atoms with van der Waals surface area (Å²) < 4.78 is 5.57. The quantitative estimate of drug-likeness (QED) is 0.307. The van der Waals surface area contributed by atoms with Crippen molar-refractivity contribution >= 4 is 35.6 Å². The Hall–Kier alpha value is -1.60. The van der Waals surface area contributed by atoms with Crippen LogP contribution in [0.25, 0.3) is 0 Å². The summed E-state index contributed by atoms with van der Waals surface area (Å²) >= 11 is 0. The van der Waals surface area contributed by atoms with Crippen LogP contribution in [0.15, 0.2) is 59.6 Å². The summed E-state index contributed by atoms with van der Waals surface area (Å²) in [4.78, 5) is 4.26. The van der Waals surface area contributed by atoms with Gasteiger partial charge in [0.05, 0.1) is 19.8 Å². The van der Waals surface area contributed by atoms with Gasteiger partial charge in [0.1, 0.15) is 0 Å². The second kappa shape index (κ2) is 11.0. The standard InChI is InChI=1S/C18H23N3O.HI/c1-2-15-9-6-10-17(13-15)21-18(19)20-11-12-22-14-16-7-4-3-5-8-16;/h3-10,13H,2,11-12,14H2,1H3,(H3,19,20,21);1H. The van der Waals surface area contributed by atoms with Crippen LogP contribution in [-0.2, 0) is 17.8 Å². The SMILES string of the molecule is CCc1cccc(NC(N)=NCCOCc2ccccc2)c1.I. The normalized spacial score (nSPS) is 10.9. The van der Waals surface area contributed by atoms with Crippen LogP contribution in [0.3, 0.4) is 0 Å². The van der Waals surface area contributed by atoms with Crippen LogP contribution in [0.1, 0.15) is 18.1 Å². The predicted molar refractivity (Wildman–Crippen MR) is 107 cm³/mol. The van der Waals surface area contributed by atoms with Gasteiger partial charge in [-0.25, -0.2) is 0 Å². The minimum Gasteiger partial charge on any atom is -0.375 e. The number of aryl methyl sites for hydroxylation is 1. The van der Waals surface area contributed by atoms with E-state index in [-0.39, 0.29) is 24.0 Å². The fourth-order valence-electron chi connectivity index (χ4n) is 2.05. The maximum absolute atomic E-state index is 5.87. The minimum absolute atomic E-state index is 0. The number of nitrogens with two attached hydrogens (primary N) is 1. The number of anilines is 1. The van der Waals surface area contributed by atoms with E-state index in [1.54, 1.807) is 0 Å². The molecule has 0 fully saturated rings. The molecule has 0 heterocycles. The highest BCUT2D eigenvalue weighted by Gasteiger charge is 1.97. The van der Waals surface area contributed by atoms with Gasteiger partial charge in [-0.05, 0) is 29.7 Å². The third kappa shape index (κ3) is 7.47. The first-order chi connectivity index (χ1) is 10.8. The van der Waals surface area contributed by atoms with Crippen LogP contribution in [0, 0.1) is 0 Å². The van der Waals surface area contributed by atoms with Crippen molar-refractivity contribution in [3.63, 3.8) is 0 Å². The van der Waals surface area contributed by atoms with Crippen molar-refractivity contribution in [1.29, 1.82) is 0 Å². The van der Waals surface area contributed by atoms with E-state index in [1.165, 1.54) is 5.56 Å². The summed E-state index contributed by atoms with van der Waals surface area (Å²) in [6.45, 7) is 3.81. The molecule has 0 spiro atoms. The predicted octanol–water partition coefficient (Wildman–Crippen LogP) is 3.81. The number of benzene rings is 2. The van der Waals surface area contributed by atoms with E-state index in [0.717, 1.165) is 17.7 Å². The number of guanidine groups is 1. The molecule has 0 radical (unpaired) electrons. The Balaban J connectivity index is 0.00000264. The van der Waals surface area contributed by atoms with E-state index in [9.17, 15) is 0 Å². The molecule has 2 aromatic rings. The largest absolute Gasteiger partial charge is 0.375 e.